The minimum absolute atomic E-state index is 0.262. The first-order valence-corrected chi connectivity index (χ1v) is 9.06. The summed E-state index contributed by atoms with van der Waals surface area (Å²) in [6.45, 7) is 3.63. The minimum Gasteiger partial charge on any atom is -0.508 e. The average Bonchev–Trinajstić information content (AvgIpc) is 3.00. The number of amides is 1. The molecule has 1 amide bonds. The van der Waals surface area contributed by atoms with Crippen molar-refractivity contribution < 1.29 is 15.0 Å². The number of nitrogens with zero attached hydrogens (tertiary/aromatic N) is 2. The van der Waals surface area contributed by atoms with Gasteiger partial charge in [0.1, 0.15) is 5.75 Å². The molecule has 1 atom stereocenters. The number of carboxylic acid groups (broad SMARTS) is 1. The van der Waals surface area contributed by atoms with Crippen LogP contribution >= 0.6 is 0 Å². The summed E-state index contributed by atoms with van der Waals surface area (Å²) in [5.74, 6) is 0.892. The number of para-hydroxylation sites is 1. The molecule has 24 heavy (non-hydrogen) atoms. The lowest BCUT2D eigenvalue weighted by molar-refractivity contribution is 0.00813. The van der Waals surface area contributed by atoms with Crippen molar-refractivity contribution in [3.05, 3.63) is 29.8 Å². The fraction of sp³-hybridized carbons (Fsp3) is 0.632. The summed E-state index contributed by atoms with van der Waals surface area (Å²) in [4.78, 5) is 15.2. The third-order valence-corrected chi connectivity index (χ3v) is 6.42. The van der Waals surface area contributed by atoms with E-state index in [1.807, 2.05) is 12.1 Å². The van der Waals surface area contributed by atoms with Crippen LogP contribution < -0.4 is 0 Å². The highest BCUT2D eigenvalue weighted by Crippen LogP contribution is 2.48. The molecule has 130 valence electrons. The minimum atomic E-state index is -0.771. The van der Waals surface area contributed by atoms with E-state index < -0.39 is 6.09 Å². The van der Waals surface area contributed by atoms with Crippen LogP contribution in [0.2, 0.25) is 0 Å². The van der Waals surface area contributed by atoms with Crippen LogP contribution in [0.4, 0.5) is 4.79 Å². The van der Waals surface area contributed by atoms with Crippen molar-refractivity contribution in [2.75, 3.05) is 26.2 Å². The van der Waals surface area contributed by atoms with Gasteiger partial charge in [-0.25, -0.2) is 4.79 Å². The third-order valence-electron chi connectivity index (χ3n) is 6.42. The summed E-state index contributed by atoms with van der Waals surface area (Å²) in [5, 5.41) is 19.1. The Morgan fingerprint density at radius 3 is 2.50 bits per heavy atom. The molecule has 0 aromatic heterocycles. The molecular formula is C19H26N2O3. The van der Waals surface area contributed by atoms with Gasteiger partial charge in [0.25, 0.3) is 0 Å². The van der Waals surface area contributed by atoms with E-state index in [0.717, 1.165) is 51.0 Å². The van der Waals surface area contributed by atoms with Gasteiger partial charge >= 0.3 is 6.09 Å². The number of hydrogen-bond donors (Lipinski definition) is 2. The Bertz CT molecular complexity index is 619. The van der Waals surface area contributed by atoms with Crippen LogP contribution in [0, 0.1) is 5.41 Å². The molecular weight excluding hydrogens is 304 g/mol. The van der Waals surface area contributed by atoms with E-state index >= 15 is 0 Å². The maximum absolute atomic E-state index is 11.0. The number of phenolic OH excluding ortho intramolecular Hbond substituents is 1. The van der Waals surface area contributed by atoms with Gasteiger partial charge in [-0.2, -0.15) is 0 Å². The summed E-state index contributed by atoms with van der Waals surface area (Å²) in [6.07, 6.45) is 4.95. The molecule has 2 N–H and O–H groups in total. The van der Waals surface area contributed by atoms with Gasteiger partial charge in [-0.05, 0) is 62.7 Å². The van der Waals surface area contributed by atoms with Crippen LogP contribution in [0.25, 0.3) is 0 Å². The van der Waals surface area contributed by atoms with E-state index in [4.69, 9.17) is 5.11 Å². The Morgan fingerprint density at radius 2 is 1.83 bits per heavy atom. The van der Waals surface area contributed by atoms with E-state index in [0.29, 0.717) is 17.7 Å². The summed E-state index contributed by atoms with van der Waals surface area (Å²) >= 11 is 0. The van der Waals surface area contributed by atoms with E-state index in [9.17, 15) is 9.90 Å². The highest BCUT2D eigenvalue weighted by molar-refractivity contribution is 5.66. The molecule has 1 aliphatic carbocycles. The molecule has 0 radical (unpaired) electrons. The topological polar surface area (TPSA) is 64.0 Å². The van der Waals surface area contributed by atoms with Gasteiger partial charge in [0.2, 0.25) is 0 Å². The maximum Gasteiger partial charge on any atom is 0.407 e. The zero-order chi connectivity index (χ0) is 16.7. The van der Waals surface area contributed by atoms with E-state index in [1.165, 1.54) is 12.8 Å². The Labute approximate surface area is 142 Å². The smallest absolute Gasteiger partial charge is 0.407 e. The predicted molar refractivity (Wildman–Crippen MR) is 91.3 cm³/mol. The van der Waals surface area contributed by atoms with Crippen LogP contribution in [0.5, 0.6) is 5.75 Å². The number of piperidine rings is 1. The fourth-order valence-corrected chi connectivity index (χ4v) is 5.08. The molecule has 1 aromatic carbocycles. The van der Waals surface area contributed by atoms with Crippen molar-refractivity contribution in [1.29, 1.82) is 0 Å². The normalized spacial score (nSPS) is 27.3. The molecule has 3 aliphatic rings. The van der Waals surface area contributed by atoms with E-state index in [2.05, 4.69) is 11.0 Å². The van der Waals surface area contributed by atoms with Crippen molar-refractivity contribution in [3.63, 3.8) is 0 Å². The Hall–Kier alpha value is -1.75. The molecule has 1 aromatic rings. The number of phenols is 1. The number of benzene rings is 1. The van der Waals surface area contributed by atoms with Gasteiger partial charge < -0.3 is 20.0 Å². The average molecular weight is 330 g/mol. The maximum atomic E-state index is 11.0. The second-order valence-corrected chi connectivity index (χ2v) is 7.90. The molecule has 1 spiro atoms. The third kappa shape index (κ3) is 2.75. The lowest BCUT2D eigenvalue weighted by atomic mass is 9.78. The van der Waals surface area contributed by atoms with Gasteiger partial charge in [0.15, 0.2) is 0 Å². The van der Waals surface area contributed by atoms with Crippen molar-refractivity contribution in [1.82, 2.24) is 9.80 Å². The summed E-state index contributed by atoms with van der Waals surface area (Å²) in [6, 6.07) is 8.34. The summed E-state index contributed by atoms with van der Waals surface area (Å²) in [5.41, 5.74) is 1.36. The van der Waals surface area contributed by atoms with Gasteiger partial charge in [0, 0.05) is 24.5 Å². The predicted octanol–water partition coefficient (Wildman–Crippen LogP) is 3.10. The number of rotatable bonds is 2. The number of likely N-dealkylation sites (tertiary alicyclic amines) is 2. The Balaban J connectivity index is 1.31. The first-order valence-electron chi connectivity index (χ1n) is 9.06. The Kier molecular flexibility index (Phi) is 3.91. The molecule has 2 heterocycles. The zero-order valence-corrected chi connectivity index (χ0v) is 14.0. The molecule has 2 saturated heterocycles. The quantitative estimate of drug-likeness (QED) is 0.874. The molecule has 3 fully saturated rings. The van der Waals surface area contributed by atoms with Crippen LogP contribution in [0.1, 0.15) is 43.6 Å². The fourth-order valence-electron chi connectivity index (χ4n) is 5.08. The molecule has 4 rings (SSSR count). The van der Waals surface area contributed by atoms with Crippen molar-refractivity contribution in [3.8, 4) is 5.75 Å². The monoisotopic (exact) mass is 330 g/mol. The number of carbonyl (C=O) groups is 1. The van der Waals surface area contributed by atoms with E-state index in [1.54, 1.807) is 11.0 Å². The van der Waals surface area contributed by atoms with Crippen LogP contribution in [0.3, 0.4) is 0 Å². The van der Waals surface area contributed by atoms with Gasteiger partial charge in [-0.15, -0.1) is 0 Å². The second kappa shape index (κ2) is 5.96. The van der Waals surface area contributed by atoms with Crippen molar-refractivity contribution in [2.24, 2.45) is 5.41 Å². The van der Waals surface area contributed by atoms with Crippen LogP contribution in [-0.2, 0) is 0 Å². The molecule has 0 unspecified atom stereocenters. The number of hydrogen-bond acceptors (Lipinski definition) is 3. The lowest BCUT2D eigenvalue weighted by Gasteiger charge is -2.47. The van der Waals surface area contributed by atoms with Crippen LogP contribution in [0.15, 0.2) is 24.3 Å². The Morgan fingerprint density at radius 1 is 1.12 bits per heavy atom. The molecule has 2 aliphatic heterocycles. The highest BCUT2D eigenvalue weighted by atomic mass is 16.4. The number of aromatic hydroxyl groups is 1. The standard InChI is InChI=1S/C19H26N2O3/c22-17-4-2-1-3-16(17)14-6-9-20(10-7-14)15-5-8-19(11-15)12-21(13-19)18(23)24/h1-4,14-15,22H,5-13H2,(H,23,24)/t15-/m1/s1. The highest BCUT2D eigenvalue weighted by Gasteiger charge is 2.50. The van der Waals surface area contributed by atoms with Crippen molar-refractivity contribution in [2.45, 2.75) is 44.1 Å². The largest absolute Gasteiger partial charge is 0.508 e. The SMILES string of the molecule is O=C(O)N1CC2(CC[C@@H](N3CCC(c4ccccc4O)CC3)C2)C1. The van der Waals surface area contributed by atoms with Gasteiger partial charge in [-0.3, -0.25) is 0 Å². The molecule has 0 bridgehead atoms. The first-order chi connectivity index (χ1) is 11.6. The summed E-state index contributed by atoms with van der Waals surface area (Å²) < 4.78 is 0. The van der Waals surface area contributed by atoms with Crippen molar-refractivity contribution >= 4 is 6.09 Å². The zero-order valence-electron chi connectivity index (χ0n) is 14.0. The molecule has 1 saturated carbocycles. The summed E-state index contributed by atoms with van der Waals surface area (Å²) in [7, 11) is 0. The van der Waals surface area contributed by atoms with Gasteiger partial charge in [0.05, 0.1) is 0 Å². The lowest BCUT2D eigenvalue weighted by Crippen LogP contribution is -2.57. The molecule has 5 heteroatoms. The van der Waals surface area contributed by atoms with E-state index in [-0.39, 0.29) is 5.41 Å². The van der Waals surface area contributed by atoms with Gasteiger partial charge in [-0.1, -0.05) is 18.2 Å². The first kappa shape index (κ1) is 15.8. The molecule has 5 nitrogen and oxygen atoms in total. The second-order valence-electron chi connectivity index (χ2n) is 7.90. The van der Waals surface area contributed by atoms with Crippen LogP contribution in [-0.4, -0.2) is 58.3 Å².